The molecule has 0 aliphatic heterocycles. The Morgan fingerprint density at radius 3 is 2.41 bits per heavy atom. The molecule has 0 fully saturated rings. The fourth-order valence-electron chi connectivity index (χ4n) is 3.38. The van der Waals surface area contributed by atoms with E-state index in [9.17, 15) is 18.3 Å². The van der Waals surface area contributed by atoms with Crippen LogP contribution in [0.3, 0.4) is 0 Å². The molecule has 0 saturated carbocycles. The highest BCUT2D eigenvalue weighted by atomic mass is 32.2. The van der Waals surface area contributed by atoms with Crippen LogP contribution in [0.1, 0.15) is 40.3 Å². The number of aromatic amines is 1. The van der Waals surface area contributed by atoms with Crippen LogP contribution in [0.25, 0.3) is 11.0 Å². The predicted octanol–water partition coefficient (Wildman–Crippen LogP) is 3.27. The van der Waals surface area contributed by atoms with E-state index in [0.717, 1.165) is 0 Å². The smallest absolute Gasteiger partial charge is 0.337 e. The van der Waals surface area contributed by atoms with Gasteiger partial charge in [0.1, 0.15) is 17.1 Å². The number of methoxy groups -OCH3 is 1. The molecule has 1 atom stereocenters. The number of sulfonamides is 1. The first-order chi connectivity index (χ1) is 13.6. The molecule has 2 aromatic carbocycles. The maximum absolute atomic E-state index is 13.3. The minimum atomic E-state index is -3.84. The van der Waals surface area contributed by atoms with Crippen molar-refractivity contribution >= 4 is 27.0 Å². The molecule has 1 unspecified atom stereocenters. The normalized spacial score (nSPS) is 13.0. The highest BCUT2D eigenvalue weighted by molar-refractivity contribution is 7.89. The highest BCUT2D eigenvalue weighted by Gasteiger charge is 2.31. The molecule has 2 N–H and O–H groups in total. The topological polar surface area (TPSA) is 113 Å². The second-order valence-corrected chi connectivity index (χ2v) is 8.85. The van der Waals surface area contributed by atoms with Gasteiger partial charge in [-0.15, -0.1) is 0 Å². The van der Waals surface area contributed by atoms with E-state index in [4.69, 9.17) is 4.74 Å². The lowest BCUT2D eigenvalue weighted by atomic mass is 10.1. The van der Waals surface area contributed by atoms with Crippen LogP contribution in [0, 0.1) is 13.8 Å². The number of fused-ring (bicyclic) bond motifs is 1. The first-order valence-electron chi connectivity index (χ1n) is 8.93. The Morgan fingerprint density at radius 2 is 1.86 bits per heavy atom. The number of carbonyl (C=O) groups is 1. The number of aromatic nitrogens is 2. The SMILES string of the molecule is COc1cc(C)c(S(=O)(=O)N(C)C(C)c2nc3c(C(=O)O)cccc3[nH]2)c(C)c1. The van der Waals surface area contributed by atoms with Crippen molar-refractivity contribution in [2.75, 3.05) is 14.2 Å². The number of carboxylic acids is 1. The zero-order valence-corrected chi connectivity index (χ0v) is 17.7. The third-order valence-electron chi connectivity index (χ3n) is 5.01. The lowest BCUT2D eigenvalue weighted by Crippen LogP contribution is -2.31. The first-order valence-corrected chi connectivity index (χ1v) is 10.4. The standard InChI is InChI=1S/C20H23N3O5S/c1-11-9-14(28-5)10-12(2)18(11)29(26,27)23(4)13(3)19-21-16-8-6-7-15(20(24)25)17(16)22-19/h6-10,13H,1-5H3,(H,21,22)(H,24,25). The maximum Gasteiger partial charge on any atom is 0.337 e. The van der Waals surface area contributed by atoms with Crippen molar-refractivity contribution < 1.29 is 23.1 Å². The zero-order chi connectivity index (χ0) is 21.5. The fourth-order valence-corrected chi connectivity index (χ4v) is 5.12. The Bertz CT molecular complexity index is 1180. The molecule has 0 amide bonds. The van der Waals surface area contributed by atoms with E-state index in [2.05, 4.69) is 9.97 Å². The Morgan fingerprint density at radius 1 is 1.24 bits per heavy atom. The van der Waals surface area contributed by atoms with Crippen molar-refractivity contribution in [3.05, 3.63) is 52.8 Å². The molecule has 1 heterocycles. The summed E-state index contributed by atoms with van der Waals surface area (Å²) in [7, 11) is -0.823. The van der Waals surface area contributed by atoms with E-state index in [1.54, 1.807) is 45.0 Å². The van der Waals surface area contributed by atoms with E-state index in [0.29, 0.717) is 33.7 Å². The Kier molecular flexibility index (Phi) is 5.38. The number of carboxylic acid groups (broad SMARTS) is 1. The van der Waals surface area contributed by atoms with E-state index >= 15 is 0 Å². The summed E-state index contributed by atoms with van der Waals surface area (Å²) >= 11 is 0. The van der Waals surface area contributed by atoms with Crippen LogP contribution in [0.4, 0.5) is 0 Å². The van der Waals surface area contributed by atoms with Crippen LogP contribution in [0.2, 0.25) is 0 Å². The zero-order valence-electron chi connectivity index (χ0n) is 16.8. The first kappa shape index (κ1) is 20.8. The molecule has 1 aromatic heterocycles. The fraction of sp³-hybridized carbons (Fsp3) is 0.300. The van der Waals surface area contributed by atoms with Crippen LogP contribution in [0.5, 0.6) is 5.75 Å². The summed E-state index contributed by atoms with van der Waals surface area (Å²) in [6.45, 7) is 5.15. The van der Waals surface area contributed by atoms with E-state index in [1.807, 2.05) is 0 Å². The number of benzene rings is 2. The van der Waals surface area contributed by atoms with Crippen LogP contribution >= 0.6 is 0 Å². The van der Waals surface area contributed by atoms with Crippen LogP contribution in [-0.4, -0.2) is 47.9 Å². The maximum atomic E-state index is 13.3. The van der Waals surface area contributed by atoms with Crippen molar-refractivity contribution in [3.63, 3.8) is 0 Å². The Labute approximate surface area is 169 Å². The minimum Gasteiger partial charge on any atom is -0.497 e. The monoisotopic (exact) mass is 417 g/mol. The number of para-hydroxylation sites is 1. The molecule has 8 nitrogen and oxygen atoms in total. The number of nitrogens with zero attached hydrogens (tertiary/aromatic N) is 2. The van der Waals surface area contributed by atoms with Gasteiger partial charge in [0.25, 0.3) is 0 Å². The Balaban J connectivity index is 2.04. The van der Waals surface area contributed by atoms with Crippen molar-refractivity contribution in [2.45, 2.75) is 31.7 Å². The van der Waals surface area contributed by atoms with Gasteiger partial charge in [0.15, 0.2) is 0 Å². The Hall–Kier alpha value is -2.91. The number of aromatic carboxylic acids is 1. The molecule has 9 heteroatoms. The van der Waals surface area contributed by atoms with Gasteiger partial charge in [-0.05, 0) is 56.2 Å². The molecule has 0 aliphatic rings. The quantitative estimate of drug-likeness (QED) is 0.636. The predicted molar refractivity (Wildman–Crippen MR) is 109 cm³/mol. The number of aryl methyl sites for hydroxylation is 2. The number of hydrogen-bond acceptors (Lipinski definition) is 5. The van der Waals surface area contributed by atoms with Gasteiger partial charge in [0, 0.05) is 7.05 Å². The van der Waals surface area contributed by atoms with Gasteiger partial charge in [-0.1, -0.05) is 6.07 Å². The van der Waals surface area contributed by atoms with Gasteiger partial charge in [0.05, 0.1) is 29.1 Å². The molecule has 3 rings (SSSR count). The second kappa shape index (κ2) is 7.49. The summed E-state index contributed by atoms with van der Waals surface area (Å²) in [5, 5.41) is 9.35. The van der Waals surface area contributed by atoms with Gasteiger partial charge in [0.2, 0.25) is 10.0 Å². The largest absolute Gasteiger partial charge is 0.497 e. The van der Waals surface area contributed by atoms with Gasteiger partial charge in [-0.25, -0.2) is 18.2 Å². The molecule has 154 valence electrons. The molecular weight excluding hydrogens is 394 g/mol. The molecule has 0 aliphatic carbocycles. The van der Waals surface area contributed by atoms with Crippen molar-refractivity contribution in [1.29, 1.82) is 0 Å². The summed E-state index contributed by atoms with van der Waals surface area (Å²) < 4.78 is 33.1. The van der Waals surface area contributed by atoms with E-state index < -0.39 is 22.0 Å². The van der Waals surface area contributed by atoms with Gasteiger partial charge in [-0.3, -0.25) is 0 Å². The summed E-state index contributed by atoms with van der Waals surface area (Å²) in [5.41, 5.74) is 2.06. The van der Waals surface area contributed by atoms with Gasteiger partial charge < -0.3 is 14.8 Å². The number of rotatable bonds is 6. The molecule has 0 spiro atoms. The number of imidazole rings is 1. The number of nitrogens with one attached hydrogen (secondary N) is 1. The molecule has 3 aromatic rings. The second-order valence-electron chi connectivity index (χ2n) is 6.92. The number of hydrogen-bond donors (Lipinski definition) is 2. The molecular formula is C20H23N3O5S. The average molecular weight is 417 g/mol. The third-order valence-corrected chi connectivity index (χ3v) is 7.24. The van der Waals surface area contributed by atoms with Crippen molar-refractivity contribution in [3.8, 4) is 5.75 Å². The van der Waals surface area contributed by atoms with Crippen molar-refractivity contribution in [2.24, 2.45) is 0 Å². The van der Waals surface area contributed by atoms with E-state index in [1.165, 1.54) is 24.5 Å². The van der Waals surface area contributed by atoms with Gasteiger partial charge >= 0.3 is 5.97 Å². The van der Waals surface area contributed by atoms with Crippen LogP contribution in [-0.2, 0) is 10.0 Å². The average Bonchev–Trinajstić information content (AvgIpc) is 3.09. The number of H-pyrrole nitrogens is 1. The minimum absolute atomic E-state index is 0.0598. The van der Waals surface area contributed by atoms with Crippen molar-refractivity contribution in [1.82, 2.24) is 14.3 Å². The highest BCUT2D eigenvalue weighted by Crippen LogP contribution is 2.32. The lowest BCUT2D eigenvalue weighted by Gasteiger charge is -2.25. The lowest BCUT2D eigenvalue weighted by molar-refractivity contribution is 0.0699. The van der Waals surface area contributed by atoms with Crippen LogP contribution in [0.15, 0.2) is 35.2 Å². The van der Waals surface area contributed by atoms with Crippen LogP contribution < -0.4 is 4.74 Å². The van der Waals surface area contributed by atoms with E-state index in [-0.39, 0.29) is 10.5 Å². The summed E-state index contributed by atoms with van der Waals surface area (Å²) in [5.74, 6) is -0.136. The summed E-state index contributed by atoms with van der Waals surface area (Å²) in [6, 6.07) is 7.50. The molecule has 0 radical (unpaired) electrons. The van der Waals surface area contributed by atoms with Gasteiger partial charge in [-0.2, -0.15) is 4.31 Å². The third kappa shape index (κ3) is 3.58. The molecule has 0 bridgehead atoms. The molecule has 29 heavy (non-hydrogen) atoms. The summed E-state index contributed by atoms with van der Waals surface area (Å²) in [4.78, 5) is 19.1. The number of ether oxygens (including phenoxy) is 1. The summed E-state index contributed by atoms with van der Waals surface area (Å²) in [6.07, 6.45) is 0. The molecule has 0 saturated heterocycles.